The summed E-state index contributed by atoms with van der Waals surface area (Å²) in [6.07, 6.45) is 0.910. The minimum Gasteiger partial charge on any atom is -0.490 e. The van der Waals surface area contributed by atoms with E-state index in [2.05, 4.69) is 0 Å². The quantitative estimate of drug-likeness (QED) is 0.610. The molecule has 7 heteroatoms. The van der Waals surface area contributed by atoms with Crippen LogP contribution in [0.15, 0.2) is 53.4 Å². The smallest absolute Gasteiger partial charge is 0.338 e. The Bertz CT molecular complexity index is 783. The molecule has 0 amide bonds. The van der Waals surface area contributed by atoms with Crippen molar-refractivity contribution in [2.75, 3.05) is 13.2 Å². The van der Waals surface area contributed by atoms with E-state index in [-0.39, 0.29) is 18.1 Å². The summed E-state index contributed by atoms with van der Waals surface area (Å²) in [5, 5.41) is 5.01. The van der Waals surface area contributed by atoms with Gasteiger partial charge in [-0.3, -0.25) is 0 Å². The predicted octanol–water partition coefficient (Wildman–Crippen LogP) is 2.13. The highest BCUT2D eigenvalue weighted by molar-refractivity contribution is 7.89. The lowest BCUT2D eigenvalue weighted by molar-refractivity contribution is 0.0450. The molecular formula is C17H19NO5S. The molecule has 0 heterocycles. The maximum Gasteiger partial charge on any atom is 0.338 e. The Morgan fingerprint density at radius 1 is 1.00 bits per heavy atom. The topological polar surface area (TPSA) is 95.7 Å². The number of rotatable bonds is 7. The molecule has 0 radical (unpaired) electrons. The largest absolute Gasteiger partial charge is 0.490 e. The first-order valence-corrected chi connectivity index (χ1v) is 8.96. The van der Waals surface area contributed by atoms with E-state index in [1.165, 1.54) is 24.3 Å². The van der Waals surface area contributed by atoms with Crippen molar-refractivity contribution in [3.8, 4) is 5.75 Å². The summed E-state index contributed by atoms with van der Waals surface area (Å²) >= 11 is 0. The van der Waals surface area contributed by atoms with Crippen LogP contribution in [-0.2, 0) is 21.2 Å². The minimum absolute atomic E-state index is 0.0109. The molecule has 0 saturated heterocycles. The Morgan fingerprint density at radius 2 is 1.62 bits per heavy atom. The second kappa shape index (κ2) is 7.94. The maximum atomic E-state index is 11.9. The van der Waals surface area contributed by atoms with Crippen molar-refractivity contribution < 1.29 is 22.7 Å². The zero-order valence-electron chi connectivity index (χ0n) is 13.3. The number of nitrogens with two attached hydrogens (primary N) is 1. The molecule has 6 nitrogen and oxygen atoms in total. The number of sulfonamides is 1. The number of ether oxygens (including phenoxy) is 2. The number of primary sulfonamides is 1. The number of esters is 1. The summed E-state index contributed by atoms with van der Waals surface area (Å²) in [7, 11) is -3.72. The number of carbonyl (C=O) groups excluding carboxylic acids is 1. The van der Waals surface area contributed by atoms with Crippen molar-refractivity contribution in [2.45, 2.75) is 18.2 Å². The lowest BCUT2D eigenvalue weighted by Gasteiger charge is -2.08. The van der Waals surface area contributed by atoms with Gasteiger partial charge in [-0.25, -0.2) is 18.4 Å². The number of aryl methyl sites for hydroxylation is 1. The highest BCUT2D eigenvalue weighted by Gasteiger charge is 2.08. The summed E-state index contributed by atoms with van der Waals surface area (Å²) < 4.78 is 32.8. The van der Waals surface area contributed by atoms with Crippen LogP contribution in [-0.4, -0.2) is 27.6 Å². The van der Waals surface area contributed by atoms with E-state index in [0.29, 0.717) is 11.3 Å². The summed E-state index contributed by atoms with van der Waals surface area (Å²) in [4.78, 5) is 11.9. The SMILES string of the molecule is CCc1ccc(C(=O)OCCOc2ccc(S(N)(=O)=O)cc2)cc1. The molecule has 2 N–H and O–H groups in total. The summed E-state index contributed by atoms with van der Waals surface area (Å²) in [6.45, 7) is 2.29. The van der Waals surface area contributed by atoms with Gasteiger partial charge in [0, 0.05) is 0 Å². The van der Waals surface area contributed by atoms with Gasteiger partial charge in [0.2, 0.25) is 10.0 Å². The monoisotopic (exact) mass is 349 g/mol. The van der Waals surface area contributed by atoms with Gasteiger partial charge in [0.1, 0.15) is 19.0 Å². The fraction of sp³-hybridized carbons (Fsp3) is 0.235. The third kappa shape index (κ3) is 5.07. The Kier molecular flexibility index (Phi) is 5.94. The lowest BCUT2D eigenvalue weighted by atomic mass is 10.1. The van der Waals surface area contributed by atoms with Crippen LogP contribution in [0.25, 0.3) is 0 Å². The second-order valence-electron chi connectivity index (χ2n) is 5.05. The van der Waals surface area contributed by atoms with Crippen molar-refractivity contribution in [1.82, 2.24) is 0 Å². The lowest BCUT2D eigenvalue weighted by Crippen LogP contribution is -2.13. The standard InChI is InChI=1S/C17H19NO5S/c1-2-13-3-5-14(6-4-13)17(19)23-12-11-22-15-7-9-16(10-8-15)24(18,20)21/h3-10H,2,11-12H2,1H3,(H2,18,20,21). The molecule has 2 aromatic rings. The normalized spacial score (nSPS) is 11.1. The number of hydrogen-bond donors (Lipinski definition) is 1. The summed E-state index contributed by atoms with van der Waals surface area (Å²) in [6, 6.07) is 12.9. The Morgan fingerprint density at radius 3 is 2.17 bits per heavy atom. The van der Waals surface area contributed by atoms with Crippen molar-refractivity contribution in [3.63, 3.8) is 0 Å². The molecule has 2 aromatic carbocycles. The van der Waals surface area contributed by atoms with Crippen LogP contribution in [0.5, 0.6) is 5.75 Å². The van der Waals surface area contributed by atoms with E-state index in [4.69, 9.17) is 14.6 Å². The van der Waals surface area contributed by atoms with Gasteiger partial charge in [-0.05, 0) is 48.4 Å². The van der Waals surface area contributed by atoms with Gasteiger partial charge in [0.25, 0.3) is 0 Å². The van der Waals surface area contributed by atoms with Crippen LogP contribution in [0.1, 0.15) is 22.8 Å². The molecule has 128 valence electrons. The molecule has 0 unspecified atom stereocenters. The first-order chi connectivity index (χ1) is 11.4. The first-order valence-electron chi connectivity index (χ1n) is 7.42. The van der Waals surface area contributed by atoms with Crippen molar-refractivity contribution in [3.05, 3.63) is 59.7 Å². The fourth-order valence-electron chi connectivity index (χ4n) is 1.98. The van der Waals surface area contributed by atoms with E-state index in [1.54, 1.807) is 12.1 Å². The van der Waals surface area contributed by atoms with E-state index < -0.39 is 16.0 Å². The molecule has 0 spiro atoms. The fourth-order valence-corrected chi connectivity index (χ4v) is 2.49. The Hall–Kier alpha value is -2.38. The van der Waals surface area contributed by atoms with Gasteiger partial charge in [-0.2, -0.15) is 0 Å². The maximum absolute atomic E-state index is 11.9. The van der Waals surface area contributed by atoms with E-state index in [9.17, 15) is 13.2 Å². The third-order valence-electron chi connectivity index (χ3n) is 3.34. The molecule has 2 rings (SSSR count). The zero-order valence-corrected chi connectivity index (χ0v) is 14.1. The predicted molar refractivity (Wildman–Crippen MR) is 89.4 cm³/mol. The van der Waals surface area contributed by atoms with Gasteiger partial charge in [0.05, 0.1) is 10.5 Å². The van der Waals surface area contributed by atoms with E-state index >= 15 is 0 Å². The number of hydrogen-bond acceptors (Lipinski definition) is 5. The van der Waals surface area contributed by atoms with Gasteiger partial charge < -0.3 is 9.47 Å². The Labute approximate surface area is 141 Å². The molecule has 0 aliphatic rings. The second-order valence-corrected chi connectivity index (χ2v) is 6.61. The summed E-state index contributed by atoms with van der Waals surface area (Å²) in [5.41, 5.74) is 1.64. The molecule has 0 bridgehead atoms. The molecule has 0 fully saturated rings. The van der Waals surface area contributed by atoms with Crippen LogP contribution < -0.4 is 9.88 Å². The molecule has 0 atom stereocenters. The molecule has 24 heavy (non-hydrogen) atoms. The van der Waals surface area contributed by atoms with E-state index in [0.717, 1.165) is 12.0 Å². The third-order valence-corrected chi connectivity index (χ3v) is 4.26. The number of benzene rings is 2. The van der Waals surface area contributed by atoms with Crippen LogP contribution in [0.3, 0.4) is 0 Å². The molecule has 0 saturated carbocycles. The molecule has 0 aromatic heterocycles. The highest BCUT2D eigenvalue weighted by Crippen LogP contribution is 2.14. The average Bonchev–Trinajstić information content (AvgIpc) is 2.58. The molecular weight excluding hydrogens is 330 g/mol. The van der Waals surface area contributed by atoms with Crippen LogP contribution in [0.2, 0.25) is 0 Å². The summed E-state index contributed by atoms with van der Waals surface area (Å²) in [5.74, 6) is 0.0524. The van der Waals surface area contributed by atoms with Crippen molar-refractivity contribution in [2.24, 2.45) is 5.14 Å². The number of carbonyl (C=O) groups is 1. The minimum atomic E-state index is -3.72. The molecule has 0 aliphatic carbocycles. The van der Waals surface area contributed by atoms with Crippen LogP contribution >= 0.6 is 0 Å². The van der Waals surface area contributed by atoms with Gasteiger partial charge >= 0.3 is 5.97 Å². The van der Waals surface area contributed by atoms with Crippen molar-refractivity contribution >= 4 is 16.0 Å². The zero-order chi connectivity index (χ0) is 17.6. The van der Waals surface area contributed by atoms with Crippen LogP contribution in [0.4, 0.5) is 0 Å². The van der Waals surface area contributed by atoms with Crippen LogP contribution in [0, 0.1) is 0 Å². The first kappa shape index (κ1) is 18.0. The van der Waals surface area contributed by atoms with E-state index in [1.807, 2.05) is 19.1 Å². The van der Waals surface area contributed by atoms with Crippen molar-refractivity contribution in [1.29, 1.82) is 0 Å². The highest BCUT2D eigenvalue weighted by atomic mass is 32.2. The van der Waals surface area contributed by atoms with Gasteiger partial charge in [-0.1, -0.05) is 19.1 Å². The van der Waals surface area contributed by atoms with Gasteiger partial charge in [-0.15, -0.1) is 0 Å². The van der Waals surface area contributed by atoms with Gasteiger partial charge in [0.15, 0.2) is 0 Å². The molecule has 0 aliphatic heterocycles. The Balaban J connectivity index is 1.78. The average molecular weight is 349 g/mol.